The number of carbonyl (C=O) groups is 1. The molecule has 0 spiro atoms. The van der Waals surface area contributed by atoms with Crippen LogP contribution in [-0.2, 0) is 30.4 Å². The summed E-state index contributed by atoms with van der Waals surface area (Å²) in [4.78, 5) is 17.8. The Labute approximate surface area is 149 Å². The highest BCUT2D eigenvalue weighted by atomic mass is 19.4. The lowest BCUT2D eigenvalue weighted by molar-refractivity contribution is -0.141. The molecule has 3 rings (SSSR count). The van der Waals surface area contributed by atoms with Crippen LogP contribution >= 0.6 is 0 Å². The first-order valence-electron chi connectivity index (χ1n) is 8.44. The molecule has 0 aromatic carbocycles. The molecule has 2 aromatic heterocycles. The fraction of sp³-hybridized carbons (Fsp3) is 0.588. The molecule has 0 aliphatic carbocycles. The Hall–Kier alpha value is -2.32. The number of halogens is 3. The van der Waals surface area contributed by atoms with Crippen molar-refractivity contribution in [3.63, 3.8) is 0 Å². The summed E-state index contributed by atoms with van der Waals surface area (Å²) < 4.78 is 45.0. The maximum atomic E-state index is 12.8. The summed E-state index contributed by atoms with van der Waals surface area (Å²) >= 11 is 0. The number of hydrogen-bond donors (Lipinski definition) is 0. The smallest absolute Gasteiger partial charge is 0.361 e. The van der Waals surface area contributed by atoms with E-state index in [1.54, 1.807) is 30.4 Å². The van der Waals surface area contributed by atoms with Crippen molar-refractivity contribution in [3.8, 4) is 0 Å². The van der Waals surface area contributed by atoms with Crippen molar-refractivity contribution in [3.05, 3.63) is 34.7 Å². The van der Waals surface area contributed by atoms with Crippen LogP contribution in [0.25, 0.3) is 0 Å². The van der Waals surface area contributed by atoms with Gasteiger partial charge < -0.3 is 14.0 Å². The number of hydrogen-bond acceptors (Lipinski definition) is 4. The summed E-state index contributed by atoms with van der Waals surface area (Å²) in [6.45, 7) is 4.48. The molecular formula is C17H21F3N4O2. The lowest BCUT2D eigenvalue weighted by atomic mass is 9.98. The van der Waals surface area contributed by atoms with E-state index in [9.17, 15) is 18.0 Å². The molecule has 0 bridgehead atoms. The van der Waals surface area contributed by atoms with Crippen LogP contribution in [0.3, 0.4) is 0 Å². The highest BCUT2D eigenvalue weighted by Crippen LogP contribution is 2.30. The highest BCUT2D eigenvalue weighted by molar-refractivity contribution is 5.79. The summed E-state index contributed by atoms with van der Waals surface area (Å²) in [6, 6.07) is 0. The van der Waals surface area contributed by atoms with Crippen molar-refractivity contribution in [2.75, 3.05) is 13.6 Å². The molecule has 26 heavy (non-hydrogen) atoms. The minimum Gasteiger partial charge on any atom is -0.361 e. The predicted molar refractivity (Wildman–Crippen MR) is 86.4 cm³/mol. The van der Waals surface area contributed by atoms with E-state index in [4.69, 9.17) is 4.52 Å². The molecule has 2 aromatic rings. The van der Waals surface area contributed by atoms with Crippen molar-refractivity contribution in [1.29, 1.82) is 0 Å². The molecule has 0 unspecified atom stereocenters. The number of aromatic nitrogens is 3. The highest BCUT2D eigenvalue weighted by Gasteiger charge is 2.36. The number of rotatable bonds is 4. The van der Waals surface area contributed by atoms with Crippen LogP contribution < -0.4 is 0 Å². The van der Waals surface area contributed by atoms with Gasteiger partial charge in [0.2, 0.25) is 5.91 Å². The summed E-state index contributed by atoms with van der Waals surface area (Å²) in [5.41, 5.74) is 0.637. The van der Waals surface area contributed by atoms with Gasteiger partial charge in [0.05, 0.1) is 12.1 Å². The van der Waals surface area contributed by atoms with Crippen molar-refractivity contribution >= 4 is 5.91 Å². The number of fused-ring (bicyclic) bond motifs is 1. The normalized spacial score (nSPS) is 17.2. The van der Waals surface area contributed by atoms with E-state index in [-0.39, 0.29) is 18.2 Å². The molecule has 0 radical (unpaired) electrons. The van der Waals surface area contributed by atoms with Gasteiger partial charge in [-0.15, -0.1) is 0 Å². The zero-order valence-corrected chi connectivity index (χ0v) is 14.9. The largest absolute Gasteiger partial charge is 0.434 e. The number of nitrogens with zero attached hydrogens (tertiary/aromatic N) is 4. The lowest BCUT2D eigenvalue weighted by Gasteiger charge is -2.28. The third kappa shape index (κ3) is 3.76. The molecule has 3 heterocycles. The number of carbonyl (C=O) groups excluding carboxylic acids is 1. The monoisotopic (exact) mass is 370 g/mol. The first-order chi connectivity index (χ1) is 12.1. The lowest BCUT2D eigenvalue weighted by Crippen LogP contribution is -2.36. The number of amides is 1. The Balaban J connectivity index is 1.61. The molecule has 6 nitrogen and oxygen atoms in total. The van der Waals surface area contributed by atoms with E-state index in [0.717, 1.165) is 11.8 Å². The Bertz CT molecular complexity index is 790. The van der Waals surface area contributed by atoms with Gasteiger partial charge in [0.1, 0.15) is 11.6 Å². The van der Waals surface area contributed by atoms with E-state index in [1.807, 2.05) is 0 Å². The van der Waals surface area contributed by atoms with Crippen LogP contribution in [0.15, 0.2) is 10.7 Å². The molecule has 1 amide bonds. The zero-order valence-electron chi connectivity index (χ0n) is 14.9. The van der Waals surface area contributed by atoms with Gasteiger partial charge in [-0.2, -0.15) is 13.2 Å². The van der Waals surface area contributed by atoms with E-state index < -0.39 is 11.9 Å². The quantitative estimate of drug-likeness (QED) is 0.830. The fourth-order valence-electron chi connectivity index (χ4n) is 3.33. The van der Waals surface area contributed by atoms with Gasteiger partial charge in [-0.05, 0) is 26.2 Å². The van der Waals surface area contributed by atoms with Gasteiger partial charge in [-0.25, -0.2) is 4.98 Å². The van der Waals surface area contributed by atoms with E-state index in [1.165, 1.54) is 0 Å². The van der Waals surface area contributed by atoms with Crippen molar-refractivity contribution < 1.29 is 22.5 Å². The summed E-state index contributed by atoms with van der Waals surface area (Å²) in [7, 11) is 1.71. The third-order valence-electron chi connectivity index (χ3n) is 4.85. The Morgan fingerprint density at radius 3 is 2.77 bits per heavy atom. The number of aryl methyl sites for hydroxylation is 3. The second-order valence-corrected chi connectivity index (χ2v) is 6.85. The van der Waals surface area contributed by atoms with E-state index in [0.29, 0.717) is 43.2 Å². The van der Waals surface area contributed by atoms with E-state index >= 15 is 0 Å². The molecule has 0 N–H and O–H groups in total. The van der Waals surface area contributed by atoms with Crippen LogP contribution in [0.4, 0.5) is 13.2 Å². The van der Waals surface area contributed by atoms with Gasteiger partial charge in [-0.3, -0.25) is 4.79 Å². The average Bonchev–Trinajstić information content (AvgIpc) is 3.12. The molecule has 1 atom stereocenters. The second-order valence-electron chi connectivity index (χ2n) is 6.85. The third-order valence-corrected chi connectivity index (χ3v) is 4.85. The summed E-state index contributed by atoms with van der Waals surface area (Å²) in [6.07, 6.45) is -1.98. The molecular weight excluding hydrogens is 349 g/mol. The second kappa shape index (κ2) is 6.77. The van der Waals surface area contributed by atoms with Gasteiger partial charge >= 0.3 is 6.18 Å². The van der Waals surface area contributed by atoms with Crippen LogP contribution in [0, 0.1) is 19.8 Å². The summed E-state index contributed by atoms with van der Waals surface area (Å²) in [5, 5.41) is 3.84. The van der Waals surface area contributed by atoms with Gasteiger partial charge in [-0.1, -0.05) is 5.16 Å². The van der Waals surface area contributed by atoms with Crippen LogP contribution in [0.5, 0.6) is 0 Å². The number of likely N-dealkylation sites (N-methyl/N-ethyl adjacent to an activating group) is 1. The standard InChI is InChI=1S/C17H21F3N4O2/c1-10-13(11(2)26-22-10)6-16(25)23(3)7-12-4-5-15-21-14(17(18,19)20)9-24(15)8-12/h9,12H,4-8H2,1-3H3/t12-/m1/s1. The SMILES string of the molecule is Cc1noc(C)c1CC(=O)N(C)C[C@H]1CCc2nc(C(F)(F)F)cn2C1. The minimum atomic E-state index is -4.43. The average molecular weight is 370 g/mol. The Morgan fingerprint density at radius 2 is 2.15 bits per heavy atom. The molecule has 142 valence electrons. The fourth-order valence-corrected chi connectivity index (χ4v) is 3.33. The van der Waals surface area contributed by atoms with E-state index in [2.05, 4.69) is 10.1 Å². The molecule has 9 heteroatoms. The topological polar surface area (TPSA) is 64.2 Å². The zero-order chi connectivity index (χ0) is 19.1. The van der Waals surface area contributed by atoms with Crippen molar-refractivity contribution in [1.82, 2.24) is 19.6 Å². The molecule has 1 aliphatic heterocycles. The first-order valence-corrected chi connectivity index (χ1v) is 8.44. The minimum absolute atomic E-state index is 0.0631. The molecule has 0 fully saturated rings. The number of imidazole rings is 1. The van der Waals surface area contributed by atoms with Crippen LogP contribution in [-0.4, -0.2) is 39.1 Å². The number of alkyl halides is 3. The molecule has 0 saturated carbocycles. The molecule has 1 aliphatic rings. The Morgan fingerprint density at radius 1 is 1.42 bits per heavy atom. The Kier molecular flexibility index (Phi) is 4.81. The maximum absolute atomic E-state index is 12.8. The molecule has 0 saturated heterocycles. The summed E-state index contributed by atoms with van der Waals surface area (Å²) in [5.74, 6) is 1.12. The van der Waals surface area contributed by atoms with Gasteiger partial charge in [0, 0.05) is 38.3 Å². The van der Waals surface area contributed by atoms with Crippen molar-refractivity contribution in [2.45, 2.75) is 45.8 Å². The van der Waals surface area contributed by atoms with Crippen molar-refractivity contribution in [2.24, 2.45) is 5.92 Å². The van der Waals surface area contributed by atoms with Gasteiger partial charge in [0.25, 0.3) is 0 Å². The first kappa shape index (κ1) is 18.5. The van der Waals surface area contributed by atoms with Crippen LogP contribution in [0.1, 0.15) is 35.0 Å². The van der Waals surface area contributed by atoms with Crippen LogP contribution in [0.2, 0.25) is 0 Å². The van der Waals surface area contributed by atoms with Gasteiger partial charge in [0.15, 0.2) is 5.69 Å². The predicted octanol–water partition coefficient (Wildman–Crippen LogP) is 2.77. The maximum Gasteiger partial charge on any atom is 0.434 e.